The molecule has 2 amide bonds. The minimum atomic E-state index is -0.657. The van der Waals surface area contributed by atoms with Gasteiger partial charge in [0.1, 0.15) is 6.04 Å². The lowest BCUT2D eigenvalue weighted by Crippen LogP contribution is -2.42. The van der Waals surface area contributed by atoms with Crippen LogP contribution in [0.15, 0.2) is 24.3 Å². The SMILES string of the molecule is CC(NC(=O)c1cccc(I)c1)C(N)=O. The number of hydrogen-bond acceptors (Lipinski definition) is 2. The lowest BCUT2D eigenvalue weighted by atomic mass is 10.2. The lowest BCUT2D eigenvalue weighted by molar-refractivity contribution is -0.119. The summed E-state index contributed by atoms with van der Waals surface area (Å²) in [5, 5.41) is 2.51. The van der Waals surface area contributed by atoms with E-state index in [4.69, 9.17) is 5.73 Å². The van der Waals surface area contributed by atoms with E-state index in [0.717, 1.165) is 3.57 Å². The van der Waals surface area contributed by atoms with Gasteiger partial charge in [0.2, 0.25) is 5.91 Å². The molecule has 0 spiro atoms. The molecule has 80 valence electrons. The number of rotatable bonds is 3. The van der Waals surface area contributed by atoms with Gasteiger partial charge in [-0.1, -0.05) is 6.07 Å². The van der Waals surface area contributed by atoms with Crippen molar-refractivity contribution in [2.75, 3.05) is 0 Å². The maximum Gasteiger partial charge on any atom is 0.251 e. The van der Waals surface area contributed by atoms with Gasteiger partial charge in [0.15, 0.2) is 0 Å². The van der Waals surface area contributed by atoms with Crippen LogP contribution >= 0.6 is 22.6 Å². The third-order valence-corrected chi connectivity index (χ3v) is 2.53. The molecule has 0 fully saturated rings. The molecule has 1 aromatic carbocycles. The quantitative estimate of drug-likeness (QED) is 0.813. The van der Waals surface area contributed by atoms with E-state index in [1.807, 2.05) is 6.07 Å². The van der Waals surface area contributed by atoms with E-state index in [0.29, 0.717) is 5.56 Å². The molecule has 4 nitrogen and oxygen atoms in total. The predicted octanol–water partition coefficient (Wildman–Crippen LogP) is 0.895. The van der Waals surface area contributed by atoms with Crippen molar-refractivity contribution in [3.8, 4) is 0 Å². The summed E-state index contributed by atoms with van der Waals surface area (Å²) in [6.45, 7) is 1.55. The number of hydrogen-bond donors (Lipinski definition) is 2. The van der Waals surface area contributed by atoms with Crippen molar-refractivity contribution in [2.45, 2.75) is 13.0 Å². The summed E-state index contributed by atoms with van der Waals surface area (Å²) in [5.41, 5.74) is 5.56. The monoisotopic (exact) mass is 318 g/mol. The molecule has 0 aliphatic carbocycles. The Morgan fingerprint density at radius 2 is 2.13 bits per heavy atom. The molecule has 5 heteroatoms. The second kappa shape index (κ2) is 5.11. The predicted molar refractivity (Wildman–Crippen MR) is 65.3 cm³/mol. The standard InChI is InChI=1S/C10H11IN2O2/c1-6(9(12)14)13-10(15)7-3-2-4-8(11)5-7/h2-6H,1H3,(H2,12,14)(H,13,15). The Balaban J connectivity index is 2.73. The van der Waals surface area contributed by atoms with Crippen LogP contribution in [0.25, 0.3) is 0 Å². The third kappa shape index (κ3) is 3.50. The van der Waals surface area contributed by atoms with E-state index >= 15 is 0 Å². The molecule has 0 radical (unpaired) electrons. The first-order valence-electron chi connectivity index (χ1n) is 4.36. The van der Waals surface area contributed by atoms with Gasteiger partial charge < -0.3 is 11.1 Å². The fraction of sp³-hybridized carbons (Fsp3) is 0.200. The van der Waals surface area contributed by atoms with Gasteiger partial charge in [0.25, 0.3) is 5.91 Å². The second-order valence-corrected chi connectivity index (χ2v) is 4.35. The van der Waals surface area contributed by atoms with E-state index in [1.54, 1.807) is 25.1 Å². The Bertz CT molecular complexity index is 393. The van der Waals surface area contributed by atoms with Crippen molar-refractivity contribution in [3.63, 3.8) is 0 Å². The first-order chi connectivity index (χ1) is 7.00. The molecule has 0 aliphatic rings. The molecule has 0 heterocycles. The maximum atomic E-state index is 11.6. The molecule has 1 unspecified atom stereocenters. The minimum absolute atomic E-state index is 0.292. The van der Waals surface area contributed by atoms with E-state index in [9.17, 15) is 9.59 Å². The number of carbonyl (C=O) groups excluding carboxylic acids is 2. The van der Waals surface area contributed by atoms with Crippen LogP contribution in [0.5, 0.6) is 0 Å². The number of halogens is 1. The summed E-state index contributed by atoms with van der Waals surface area (Å²) in [6.07, 6.45) is 0. The Morgan fingerprint density at radius 3 is 2.67 bits per heavy atom. The first kappa shape index (κ1) is 12.0. The molecule has 15 heavy (non-hydrogen) atoms. The molecular weight excluding hydrogens is 307 g/mol. The van der Waals surface area contributed by atoms with Crippen molar-refractivity contribution >= 4 is 34.4 Å². The number of nitrogens with one attached hydrogen (secondary N) is 1. The lowest BCUT2D eigenvalue weighted by Gasteiger charge is -2.09. The molecule has 1 rings (SSSR count). The van der Waals surface area contributed by atoms with E-state index < -0.39 is 11.9 Å². The Kier molecular flexibility index (Phi) is 4.07. The highest BCUT2D eigenvalue weighted by molar-refractivity contribution is 14.1. The number of benzene rings is 1. The summed E-state index contributed by atoms with van der Waals surface area (Å²) in [6, 6.07) is 6.44. The first-order valence-corrected chi connectivity index (χ1v) is 5.44. The molecule has 0 saturated heterocycles. The number of nitrogens with two attached hydrogens (primary N) is 1. The van der Waals surface area contributed by atoms with Crippen molar-refractivity contribution in [1.82, 2.24) is 5.32 Å². The molecule has 0 bridgehead atoms. The number of primary amides is 1. The highest BCUT2D eigenvalue weighted by Crippen LogP contribution is 2.07. The zero-order valence-electron chi connectivity index (χ0n) is 8.16. The average molecular weight is 318 g/mol. The van der Waals surface area contributed by atoms with Gasteiger partial charge in [-0.05, 0) is 47.7 Å². The average Bonchev–Trinajstić information content (AvgIpc) is 2.17. The van der Waals surface area contributed by atoms with Gasteiger partial charge in [-0.3, -0.25) is 9.59 Å². The smallest absolute Gasteiger partial charge is 0.251 e. The van der Waals surface area contributed by atoms with Crippen LogP contribution in [0.2, 0.25) is 0 Å². The van der Waals surface area contributed by atoms with Crippen LogP contribution in [-0.2, 0) is 4.79 Å². The molecule has 1 aromatic rings. The van der Waals surface area contributed by atoms with Crippen LogP contribution in [0.4, 0.5) is 0 Å². The van der Waals surface area contributed by atoms with Crippen LogP contribution in [0.3, 0.4) is 0 Å². The summed E-state index contributed by atoms with van der Waals surface area (Å²) in [7, 11) is 0. The van der Waals surface area contributed by atoms with E-state index in [-0.39, 0.29) is 5.91 Å². The third-order valence-electron chi connectivity index (χ3n) is 1.86. The molecule has 0 saturated carbocycles. The van der Waals surface area contributed by atoms with Crippen LogP contribution in [0.1, 0.15) is 17.3 Å². The summed E-state index contributed by atoms with van der Waals surface area (Å²) in [4.78, 5) is 22.3. The molecule has 0 aromatic heterocycles. The molecule has 1 atom stereocenters. The largest absolute Gasteiger partial charge is 0.368 e. The maximum absolute atomic E-state index is 11.6. The minimum Gasteiger partial charge on any atom is -0.368 e. The molecular formula is C10H11IN2O2. The van der Waals surface area contributed by atoms with Crippen molar-refractivity contribution < 1.29 is 9.59 Å². The van der Waals surface area contributed by atoms with Gasteiger partial charge in [-0.2, -0.15) is 0 Å². The van der Waals surface area contributed by atoms with E-state index in [2.05, 4.69) is 27.9 Å². The van der Waals surface area contributed by atoms with Crippen molar-refractivity contribution in [1.29, 1.82) is 0 Å². The second-order valence-electron chi connectivity index (χ2n) is 3.11. The van der Waals surface area contributed by atoms with Gasteiger partial charge in [0, 0.05) is 9.13 Å². The highest BCUT2D eigenvalue weighted by Gasteiger charge is 2.13. The summed E-state index contributed by atoms with van der Waals surface area (Å²) in [5.74, 6) is -0.839. The Hall–Kier alpha value is -1.11. The van der Waals surface area contributed by atoms with Crippen LogP contribution in [-0.4, -0.2) is 17.9 Å². The van der Waals surface area contributed by atoms with Crippen molar-refractivity contribution in [3.05, 3.63) is 33.4 Å². The highest BCUT2D eigenvalue weighted by atomic mass is 127. The Morgan fingerprint density at radius 1 is 1.47 bits per heavy atom. The fourth-order valence-corrected chi connectivity index (χ4v) is 1.52. The van der Waals surface area contributed by atoms with Crippen LogP contribution in [0, 0.1) is 3.57 Å². The number of carbonyl (C=O) groups is 2. The van der Waals surface area contributed by atoms with Gasteiger partial charge >= 0.3 is 0 Å². The normalized spacial score (nSPS) is 11.9. The van der Waals surface area contributed by atoms with Gasteiger partial charge in [-0.25, -0.2) is 0 Å². The summed E-state index contributed by atoms with van der Waals surface area (Å²) < 4.78 is 0.965. The zero-order valence-corrected chi connectivity index (χ0v) is 10.3. The summed E-state index contributed by atoms with van der Waals surface area (Å²) >= 11 is 2.11. The van der Waals surface area contributed by atoms with Crippen molar-refractivity contribution in [2.24, 2.45) is 5.73 Å². The topological polar surface area (TPSA) is 72.2 Å². The van der Waals surface area contributed by atoms with Gasteiger partial charge in [-0.15, -0.1) is 0 Å². The zero-order chi connectivity index (χ0) is 11.4. The van der Waals surface area contributed by atoms with Gasteiger partial charge in [0.05, 0.1) is 0 Å². The van der Waals surface area contributed by atoms with Crippen LogP contribution < -0.4 is 11.1 Å². The van der Waals surface area contributed by atoms with E-state index in [1.165, 1.54) is 0 Å². The Labute approximate surface area is 101 Å². The fourth-order valence-electron chi connectivity index (χ4n) is 0.981. The molecule has 3 N–H and O–H groups in total. The number of amides is 2. The molecule has 0 aliphatic heterocycles.